The summed E-state index contributed by atoms with van der Waals surface area (Å²) in [6.45, 7) is 2.60. The Morgan fingerprint density at radius 1 is 0.457 bits per heavy atom. The number of aliphatic hydroxyl groups excluding tert-OH is 7. The lowest BCUT2D eigenvalue weighted by atomic mass is 9.98. The van der Waals surface area contributed by atoms with Crippen LogP contribution in [0.5, 0.6) is 0 Å². The predicted octanol–water partition coefficient (Wildman–Crippen LogP) is 8.72. The minimum atomic E-state index is -1.76. The number of unbranched alkanes of at least 4 members (excludes halogenated alkanes) is 26. The molecule has 2 fully saturated rings. The van der Waals surface area contributed by atoms with Crippen molar-refractivity contribution in [3.8, 4) is 0 Å². The minimum absolute atomic E-state index is 0.163. The molecule has 0 spiro atoms. The molecule has 11 unspecified atom stereocenters. The van der Waals surface area contributed by atoms with Gasteiger partial charge in [-0.15, -0.1) is 0 Å². The fraction of sp³-hybridized carbons (Fsp3) is 0.891. The zero-order valence-electron chi connectivity index (χ0n) is 43.5. The Bertz CT molecular complexity index is 1310. The molecule has 2 aliphatic heterocycles. The van der Waals surface area contributed by atoms with Gasteiger partial charge in [0.2, 0.25) is 0 Å². The Hall–Kier alpha value is -2.02. The van der Waals surface area contributed by atoms with E-state index in [4.69, 9.17) is 28.4 Å². The van der Waals surface area contributed by atoms with Crippen LogP contribution in [0.4, 0.5) is 0 Å². The Kier molecular flexibility index (Phi) is 38.8. The first-order valence-electron chi connectivity index (χ1n) is 27.9. The van der Waals surface area contributed by atoms with Crippen molar-refractivity contribution >= 4 is 11.9 Å². The highest BCUT2D eigenvalue weighted by Crippen LogP contribution is 2.27. The molecule has 0 saturated carbocycles. The molecule has 15 heteroatoms. The van der Waals surface area contributed by atoms with Crippen molar-refractivity contribution in [2.45, 2.75) is 287 Å². The lowest BCUT2D eigenvalue weighted by molar-refractivity contribution is -0.332. The van der Waals surface area contributed by atoms with E-state index in [0.717, 1.165) is 57.8 Å². The van der Waals surface area contributed by atoms with E-state index >= 15 is 0 Å². The van der Waals surface area contributed by atoms with Crippen LogP contribution in [-0.4, -0.2) is 142 Å². The van der Waals surface area contributed by atoms with Gasteiger partial charge in [-0.25, -0.2) is 0 Å². The van der Waals surface area contributed by atoms with Gasteiger partial charge in [-0.1, -0.05) is 186 Å². The summed E-state index contributed by atoms with van der Waals surface area (Å²) in [4.78, 5) is 25.8. The first-order valence-corrected chi connectivity index (χ1v) is 27.9. The first kappa shape index (κ1) is 64.1. The first-order chi connectivity index (χ1) is 34.0. The van der Waals surface area contributed by atoms with Crippen LogP contribution in [0.3, 0.4) is 0 Å². The lowest BCUT2D eigenvalue weighted by Gasteiger charge is -2.42. The summed E-state index contributed by atoms with van der Waals surface area (Å²) < 4.78 is 33.6. The summed E-state index contributed by atoms with van der Waals surface area (Å²) in [5, 5.41) is 72.2. The zero-order chi connectivity index (χ0) is 51.0. The molecular weight excluding hydrogens is 901 g/mol. The maximum Gasteiger partial charge on any atom is 0.306 e. The van der Waals surface area contributed by atoms with Gasteiger partial charge in [-0.3, -0.25) is 9.59 Å². The second kappa shape index (κ2) is 42.3. The molecule has 0 amide bonds. The number of rotatable bonds is 44. The van der Waals surface area contributed by atoms with Crippen molar-refractivity contribution in [2.75, 3.05) is 26.4 Å². The van der Waals surface area contributed by atoms with Crippen LogP contribution in [0.25, 0.3) is 0 Å². The van der Waals surface area contributed by atoms with Crippen molar-refractivity contribution < 1.29 is 73.8 Å². The molecular formula is C55H100O15. The van der Waals surface area contributed by atoms with Crippen molar-refractivity contribution in [1.82, 2.24) is 0 Å². The van der Waals surface area contributed by atoms with E-state index in [-0.39, 0.29) is 26.1 Å². The van der Waals surface area contributed by atoms with Gasteiger partial charge in [0.15, 0.2) is 18.7 Å². The average molecular weight is 1000 g/mol. The minimum Gasteiger partial charge on any atom is -0.462 e. The normalized spacial score (nSPS) is 25.5. The Balaban J connectivity index is 1.76. The Labute approximate surface area is 422 Å². The van der Waals surface area contributed by atoms with Crippen molar-refractivity contribution in [2.24, 2.45) is 0 Å². The number of allylic oxidation sites excluding steroid dienone is 4. The quantitative estimate of drug-likeness (QED) is 0.0172. The molecule has 2 heterocycles. The number of esters is 2. The molecule has 0 aromatic carbocycles. The highest BCUT2D eigenvalue weighted by molar-refractivity contribution is 5.70. The third-order valence-electron chi connectivity index (χ3n) is 13.4. The fourth-order valence-electron chi connectivity index (χ4n) is 8.84. The molecule has 2 aliphatic rings. The van der Waals surface area contributed by atoms with Crippen LogP contribution in [0.1, 0.15) is 219 Å². The molecule has 2 saturated heterocycles. The van der Waals surface area contributed by atoms with Gasteiger partial charge in [-0.2, -0.15) is 0 Å². The lowest BCUT2D eigenvalue weighted by Crippen LogP contribution is -2.61. The van der Waals surface area contributed by atoms with E-state index in [1.54, 1.807) is 0 Å². The highest BCUT2D eigenvalue weighted by Gasteiger charge is 2.47. The maximum absolute atomic E-state index is 13.0. The molecule has 15 nitrogen and oxygen atoms in total. The van der Waals surface area contributed by atoms with E-state index in [1.165, 1.54) is 122 Å². The van der Waals surface area contributed by atoms with Gasteiger partial charge in [0.05, 0.1) is 19.8 Å². The number of hydrogen-bond acceptors (Lipinski definition) is 15. The number of hydrogen-bond donors (Lipinski definition) is 7. The average Bonchev–Trinajstić information content (AvgIpc) is 3.35. The second-order valence-electron chi connectivity index (χ2n) is 19.8. The standard InChI is InChI=1S/C55H100O15/c1-3-5-7-9-11-13-15-17-18-19-20-21-22-23-24-26-28-30-32-34-36-38-47(58)68-43(40-65-46(57)37-35-33-31-29-27-25-16-14-12-10-8-6-4-2)41-66-54-53(64)51(62)49(60)45(70-54)42-67-55-52(63)50(61)48(59)44(39-56)69-55/h15,17,19-20,43-45,48-56,59-64H,3-14,16,18,21-42H2,1-2H3/b17-15-,20-19-. The van der Waals surface area contributed by atoms with E-state index < -0.39 is 92.7 Å². The molecule has 7 N–H and O–H groups in total. The third kappa shape index (κ3) is 29.6. The van der Waals surface area contributed by atoms with Gasteiger partial charge in [0.25, 0.3) is 0 Å². The second-order valence-corrected chi connectivity index (χ2v) is 19.8. The van der Waals surface area contributed by atoms with Crippen LogP contribution in [0.2, 0.25) is 0 Å². The van der Waals surface area contributed by atoms with Gasteiger partial charge in [-0.05, 0) is 44.9 Å². The predicted molar refractivity (Wildman–Crippen MR) is 271 cm³/mol. The molecule has 0 bridgehead atoms. The number of aliphatic hydroxyl groups is 7. The molecule has 0 radical (unpaired) electrons. The molecule has 410 valence electrons. The zero-order valence-corrected chi connectivity index (χ0v) is 43.5. The van der Waals surface area contributed by atoms with Gasteiger partial charge in [0.1, 0.15) is 55.4 Å². The van der Waals surface area contributed by atoms with Gasteiger partial charge >= 0.3 is 11.9 Å². The monoisotopic (exact) mass is 1000 g/mol. The van der Waals surface area contributed by atoms with E-state index in [9.17, 15) is 45.3 Å². The van der Waals surface area contributed by atoms with Crippen LogP contribution in [0, 0.1) is 0 Å². The summed E-state index contributed by atoms with van der Waals surface area (Å²) in [6, 6.07) is 0. The number of ether oxygens (including phenoxy) is 6. The van der Waals surface area contributed by atoms with Crippen LogP contribution < -0.4 is 0 Å². The van der Waals surface area contributed by atoms with Crippen LogP contribution in [0.15, 0.2) is 24.3 Å². The van der Waals surface area contributed by atoms with E-state index in [2.05, 4.69) is 38.2 Å². The summed E-state index contributed by atoms with van der Waals surface area (Å²) in [5.41, 5.74) is 0. The maximum atomic E-state index is 13.0. The number of carbonyl (C=O) groups excluding carboxylic acids is 2. The molecule has 0 aromatic heterocycles. The molecule has 0 aliphatic carbocycles. The van der Waals surface area contributed by atoms with Crippen LogP contribution >= 0.6 is 0 Å². The SMILES string of the molecule is CCCCCCC/C=C\C/C=C\CCCCCCCCCCCC(=O)OC(COC(=O)CCCCCCCCCCCCCCC)COC1OC(COC2OC(CO)C(O)C(O)C2O)C(O)C(O)C1O. The Morgan fingerprint density at radius 2 is 0.857 bits per heavy atom. The summed E-state index contributed by atoms with van der Waals surface area (Å²) in [5.74, 6) is -0.920. The molecule has 2 rings (SSSR count). The summed E-state index contributed by atoms with van der Waals surface area (Å²) in [6.07, 6.45) is 27.7. The van der Waals surface area contributed by atoms with E-state index in [0.29, 0.717) is 12.8 Å². The number of carbonyl (C=O) groups is 2. The topological polar surface area (TPSA) is 231 Å². The van der Waals surface area contributed by atoms with Gasteiger partial charge in [0, 0.05) is 12.8 Å². The van der Waals surface area contributed by atoms with Crippen molar-refractivity contribution in [3.63, 3.8) is 0 Å². The Morgan fingerprint density at radius 3 is 1.33 bits per heavy atom. The van der Waals surface area contributed by atoms with Gasteiger partial charge < -0.3 is 64.2 Å². The smallest absolute Gasteiger partial charge is 0.306 e. The summed E-state index contributed by atoms with van der Waals surface area (Å²) >= 11 is 0. The molecule has 11 atom stereocenters. The molecule has 0 aromatic rings. The van der Waals surface area contributed by atoms with Crippen LogP contribution in [-0.2, 0) is 38.0 Å². The third-order valence-corrected chi connectivity index (χ3v) is 13.4. The van der Waals surface area contributed by atoms with E-state index in [1.807, 2.05) is 0 Å². The fourth-order valence-corrected chi connectivity index (χ4v) is 8.84. The van der Waals surface area contributed by atoms with Crippen molar-refractivity contribution in [3.05, 3.63) is 24.3 Å². The van der Waals surface area contributed by atoms with Crippen molar-refractivity contribution in [1.29, 1.82) is 0 Å². The largest absolute Gasteiger partial charge is 0.462 e. The highest BCUT2D eigenvalue weighted by atomic mass is 16.7. The summed E-state index contributed by atoms with van der Waals surface area (Å²) in [7, 11) is 0. The molecule has 70 heavy (non-hydrogen) atoms.